The van der Waals surface area contributed by atoms with Crippen LogP contribution >= 0.6 is 0 Å². The van der Waals surface area contributed by atoms with Crippen molar-refractivity contribution in [2.75, 3.05) is 26.4 Å². The number of rotatable bonds is 10. The number of ether oxygens (including phenoxy) is 2. The standard InChI is InChI=1S/C23H28FNO6/c1-3-7-15-11-17-18(24)12-21(28)31-23(17)16(8-4-2)22(15)30-10-6-5-9-25-19(26)13-29-14-20(25)27/h11-12H,3-10,13-14H2,1-2H3. The van der Waals surface area contributed by atoms with E-state index in [0.717, 1.165) is 24.5 Å². The SMILES string of the molecule is CCCc1cc2c(F)cc(=O)oc2c(CCC)c1OCCCCN1C(=O)COCC1=O. The second kappa shape index (κ2) is 10.5. The predicted octanol–water partition coefficient (Wildman–Crippen LogP) is 3.38. The van der Waals surface area contributed by atoms with Gasteiger partial charge in [-0.05, 0) is 37.3 Å². The maximum atomic E-state index is 14.4. The van der Waals surface area contributed by atoms with E-state index in [0.29, 0.717) is 55.5 Å². The molecule has 168 valence electrons. The van der Waals surface area contributed by atoms with Crippen LogP contribution in [0.2, 0.25) is 0 Å². The molecular weight excluding hydrogens is 405 g/mol. The smallest absolute Gasteiger partial charge is 0.339 e. The molecule has 1 aromatic heterocycles. The van der Waals surface area contributed by atoms with Gasteiger partial charge in [0.1, 0.15) is 30.4 Å². The van der Waals surface area contributed by atoms with Crippen LogP contribution in [0.3, 0.4) is 0 Å². The lowest BCUT2D eigenvalue weighted by Gasteiger charge is -2.24. The van der Waals surface area contributed by atoms with Crippen molar-refractivity contribution in [1.29, 1.82) is 0 Å². The number of amides is 2. The Bertz CT molecular complexity index is 999. The highest BCUT2D eigenvalue weighted by molar-refractivity contribution is 5.98. The number of fused-ring (bicyclic) bond motifs is 1. The third-order valence-electron chi connectivity index (χ3n) is 5.20. The lowest BCUT2D eigenvalue weighted by atomic mass is 9.98. The van der Waals surface area contributed by atoms with E-state index < -0.39 is 11.4 Å². The first-order valence-electron chi connectivity index (χ1n) is 10.8. The zero-order valence-corrected chi connectivity index (χ0v) is 18.0. The molecule has 1 aliphatic rings. The maximum Gasteiger partial charge on any atom is 0.339 e. The van der Waals surface area contributed by atoms with E-state index in [2.05, 4.69) is 0 Å². The van der Waals surface area contributed by atoms with Crippen molar-refractivity contribution in [3.63, 3.8) is 0 Å². The first kappa shape index (κ1) is 22.9. The molecule has 0 aliphatic carbocycles. The van der Waals surface area contributed by atoms with Gasteiger partial charge in [0.15, 0.2) is 0 Å². The van der Waals surface area contributed by atoms with Crippen molar-refractivity contribution in [2.24, 2.45) is 0 Å². The monoisotopic (exact) mass is 433 g/mol. The fourth-order valence-corrected chi connectivity index (χ4v) is 3.80. The number of benzene rings is 1. The number of hydrogen-bond donors (Lipinski definition) is 0. The molecule has 1 aromatic carbocycles. The highest BCUT2D eigenvalue weighted by Crippen LogP contribution is 2.35. The van der Waals surface area contributed by atoms with E-state index in [4.69, 9.17) is 13.9 Å². The van der Waals surface area contributed by atoms with E-state index in [1.165, 1.54) is 4.90 Å². The van der Waals surface area contributed by atoms with E-state index in [1.807, 2.05) is 13.8 Å². The van der Waals surface area contributed by atoms with Crippen molar-refractivity contribution in [2.45, 2.75) is 52.4 Å². The van der Waals surface area contributed by atoms with Gasteiger partial charge in [-0.3, -0.25) is 14.5 Å². The summed E-state index contributed by atoms with van der Waals surface area (Å²) in [6, 6.07) is 2.57. The van der Waals surface area contributed by atoms with E-state index >= 15 is 0 Å². The van der Waals surface area contributed by atoms with Crippen molar-refractivity contribution in [3.8, 4) is 5.75 Å². The summed E-state index contributed by atoms with van der Waals surface area (Å²) in [5.74, 6) is -0.589. The predicted molar refractivity (Wildman–Crippen MR) is 113 cm³/mol. The van der Waals surface area contributed by atoms with Gasteiger partial charge in [-0.25, -0.2) is 9.18 Å². The van der Waals surface area contributed by atoms with Gasteiger partial charge < -0.3 is 13.9 Å². The van der Waals surface area contributed by atoms with Gasteiger partial charge in [-0.15, -0.1) is 0 Å². The zero-order valence-electron chi connectivity index (χ0n) is 18.0. The molecule has 0 saturated carbocycles. The Hall–Kier alpha value is -2.74. The third-order valence-corrected chi connectivity index (χ3v) is 5.20. The van der Waals surface area contributed by atoms with Crippen LogP contribution in [0.5, 0.6) is 5.75 Å². The number of nitrogens with zero attached hydrogens (tertiary/aromatic N) is 1. The first-order chi connectivity index (χ1) is 15.0. The molecule has 0 radical (unpaired) electrons. The number of carbonyl (C=O) groups is 2. The van der Waals surface area contributed by atoms with E-state index in [1.54, 1.807) is 6.07 Å². The van der Waals surface area contributed by atoms with Crippen molar-refractivity contribution >= 4 is 22.8 Å². The number of morpholine rings is 1. The molecule has 7 nitrogen and oxygen atoms in total. The fraction of sp³-hybridized carbons (Fsp3) is 0.522. The van der Waals surface area contributed by atoms with Gasteiger partial charge in [0.2, 0.25) is 0 Å². The van der Waals surface area contributed by atoms with Crippen molar-refractivity contribution in [3.05, 3.63) is 39.5 Å². The molecule has 3 rings (SSSR count). The summed E-state index contributed by atoms with van der Waals surface area (Å²) in [5.41, 5.74) is 1.10. The quantitative estimate of drug-likeness (QED) is 0.324. The Labute approximate surface area is 180 Å². The lowest BCUT2D eigenvalue weighted by molar-refractivity contribution is -0.158. The maximum absolute atomic E-state index is 14.4. The zero-order chi connectivity index (χ0) is 22.4. The second-order valence-corrected chi connectivity index (χ2v) is 7.62. The van der Waals surface area contributed by atoms with Crippen LogP contribution in [-0.4, -0.2) is 43.1 Å². The molecule has 31 heavy (non-hydrogen) atoms. The number of hydrogen-bond acceptors (Lipinski definition) is 6. The van der Waals surface area contributed by atoms with Crippen LogP contribution in [0.25, 0.3) is 11.0 Å². The summed E-state index contributed by atoms with van der Waals surface area (Å²) in [6.07, 6.45) is 4.15. The van der Waals surface area contributed by atoms with Gasteiger partial charge in [0.05, 0.1) is 18.1 Å². The third kappa shape index (κ3) is 5.31. The highest BCUT2D eigenvalue weighted by Gasteiger charge is 2.26. The lowest BCUT2D eigenvalue weighted by Crippen LogP contribution is -2.46. The number of carbonyl (C=O) groups excluding carboxylic acids is 2. The number of unbranched alkanes of at least 4 members (excludes halogenated alkanes) is 1. The Kier molecular flexibility index (Phi) is 7.79. The molecule has 8 heteroatoms. The van der Waals surface area contributed by atoms with Gasteiger partial charge in [-0.2, -0.15) is 0 Å². The minimum Gasteiger partial charge on any atom is -0.493 e. The molecule has 1 aliphatic heterocycles. The molecule has 0 unspecified atom stereocenters. The molecule has 1 fully saturated rings. The van der Waals surface area contributed by atoms with Gasteiger partial charge in [0, 0.05) is 12.1 Å². The minimum atomic E-state index is -0.726. The average molecular weight is 433 g/mol. The summed E-state index contributed by atoms with van der Waals surface area (Å²) < 4.78 is 30.8. The molecule has 0 N–H and O–H groups in total. The van der Waals surface area contributed by atoms with Gasteiger partial charge in [-0.1, -0.05) is 26.7 Å². The largest absolute Gasteiger partial charge is 0.493 e. The summed E-state index contributed by atoms with van der Waals surface area (Å²) in [4.78, 5) is 36.6. The van der Waals surface area contributed by atoms with Gasteiger partial charge in [0.25, 0.3) is 11.8 Å². The van der Waals surface area contributed by atoms with Crippen LogP contribution in [0.1, 0.15) is 50.7 Å². The molecule has 0 bridgehead atoms. The Morgan fingerprint density at radius 1 is 1.03 bits per heavy atom. The van der Waals surface area contributed by atoms with Crippen LogP contribution in [0.15, 0.2) is 21.3 Å². The molecule has 0 atom stereocenters. The molecule has 2 heterocycles. The molecular formula is C23H28FNO6. The van der Waals surface area contributed by atoms with Crippen LogP contribution in [0.4, 0.5) is 4.39 Å². The Morgan fingerprint density at radius 3 is 2.42 bits per heavy atom. The van der Waals surface area contributed by atoms with Crippen molar-refractivity contribution in [1.82, 2.24) is 4.90 Å². The van der Waals surface area contributed by atoms with E-state index in [9.17, 15) is 18.8 Å². The number of halogens is 1. The average Bonchev–Trinajstić information content (AvgIpc) is 2.72. The summed E-state index contributed by atoms with van der Waals surface area (Å²) in [5, 5.41) is 0.295. The molecule has 2 amide bonds. The van der Waals surface area contributed by atoms with E-state index in [-0.39, 0.29) is 30.6 Å². The molecule has 1 saturated heterocycles. The molecule has 0 spiro atoms. The normalized spacial score (nSPS) is 14.5. The Morgan fingerprint density at radius 2 is 1.74 bits per heavy atom. The second-order valence-electron chi connectivity index (χ2n) is 7.62. The van der Waals surface area contributed by atoms with Crippen molar-refractivity contribution < 1.29 is 27.9 Å². The topological polar surface area (TPSA) is 86.1 Å². The first-order valence-corrected chi connectivity index (χ1v) is 10.8. The van der Waals surface area contributed by atoms with Crippen LogP contribution in [0, 0.1) is 5.82 Å². The number of aryl methyl sites for hydroxylation is 2. The Balaban J connectivity index is 1.77. The minimum absolute atomic E-state index is 0.0676. The van der Waals surface area contributed by atoms with Crippen LogP contribution < -0.4 is 10.4 Å². The number of imide groups is 1. The highest BCUT2D eigenvalue weighted by atomic mass is 19.1. The van der Waals surface area contributed by atoms with Crippen LogP contribution in [-0.2, 0) is 27.2 Å². The fourth-order valence-electron chi connectivity index (χ4n) is 3.80. The summed E-state index contributed by atoms with van der Waals surface area (Å²) >= 11 is 0. The van der Waals surface area contributed by atoms with Gasteiger partial charge >= 0.3 is 5.63 Å². The summed E-state index contributed by atoms with van der Waals surface area (Å²) in [6.45, 7) is 4.59. The molecule has 2 aromatic rings. The summed E-state index contributed by atoms with van der Waals surface area (Å²) in [7, 11) is 0.